The van der Waals surface area contributed by atoms with Crippen LogP contribution >= 0.6 is 0 Å². The molecule has 0 aliphatic heterocycles. The van der Waals surface area contributed by atoms with E-state index in [1.54, 1.807) is 6.20 Å². The average molecular weight is 376 g/mol. The minimum atomic E-state index is -0.203. The summed E-state index contributed by atoms with van der Waals surface area (Å²) in [5.41, 5.74) is 3.32. The highest BCUT2D eigenvalue weighted by Gasteiger charge is 2.22. The van der Waals surface area contributed by atoms with Crippen molar-refractivity contribution in [1.29, 1.82) is 0 Å². The summed E-state index contributed by atoms with van der Waals surface area (Å²) in [5, 5.41) is 11.4. The van der Waals surface area contributed by atoms with Crippen LogP contribution in [0.25, 0.3) is 10.8 Å². The van der Waals surface area contributed by atoms with Crippen LogP contribution in [0.5, 0.6) is 0 Å². The minimum Gasteiger partial charge on any atom is -0.396 e. The number of unbranched alkanes of at least 4 members (excludes halogenated alkanes) is 1. The summed E-state index contributed by atoms with van der Waals surface area (Å²) in [6.45, 7) is 5.36. The van der Waals surface area contributed by atoms with E-state index in [1.807, 2.05) is 61.3 Å². The van der Waals surface area contributed by atoms with E-state index in [4.69, 9.17) is 5.11 Å². The Morgan fingerprint density at radius 1 is 1.14 bits per heavy atom. The molecule has 0 aliphatic rings. The maximum absolute atomic E-state index is 13.3. The smallest absolute Gasteiger partial charge is 0.230 e. The van der Waals surface area contributed by atoms with Crippen molar-refractivity contribution in [3.05, 3.63) is 77.6 Å². The number of aliphatic hydroxyl groups is 1. The molecule has 0 fully saturated rings. The summed E-state index contributed by atoms with van der Waals surface area (Å²) in [5.74, 6) is -0.0831. The SMILES string of the molecule is Cc1cccc([C@@H](C)C(=O)N(CCCCO)Cc2cccc3cnccc23)c1. The summed E-state index contributed by atoms with van der Waals surface area (Å²) in [6.07, 6.45) is 5.13. The largest absolute Gasteiger partial charge is 0.396 e. The summed E-state index contributed by atoms with van der Waals surface area (Å²) < 4.78 is 0. The van der Waals surface area contributed by atoms with Crippen LogP contribution in [0, 0.1) is 6.92 Å². The Kier molecular flexibility index (Phi) is 6.77. The second kappa shape index (κ2) is 9.47. The molecular weight excluding hydrogens is 348 g/mol. The van der Waals surface area contributed by atoms with Gasteiger partial charge in [0.2, 0.25) is 5.91 Å². The Labute approximate surface area is 166 Å². The van der Waals surface area contributed by atoms with Crippen molar-refractivity contribution < 1.29 is 9.90 Å². The third-order valence-corrected chi connectivity index (χ3v) is 5.19. The molecule has 2 aromatic carbocycles. The van der Waals surface area contributed by atoms with Gasteiger partial charge < -0.3 is 10.0 Å². The molecule has 3 aromatic rings. The van der Waals surface area contributed by atoms with Gasteiger partial charge >= 0.3 is 0 Å². The van der Waals surface area contributed by atoms with E-state index in [0.29, 0.717) is 19.5 Å². The van der Waals surface area contributed by atoms with Crippen molar-refractivity contribution in [2.75, 3.05) is 13.2 Å². The summed E-state index contributed by atoms with van der Waals surface area (Å²) in [6, 6.07) is 16.3. The Morgan fingerprint density at radius 2 is 1.96 bits per heavy atom. The Bertz CT molecular complexity index is 933. The molecule has 0 bridgehead atoms. The van der Waals surface area contributed by atoms with Crippen molar-refractivity contribution in [3.63, 3.8) is 0 Å². The third-order valence-electron chi connectivity index (χ3n) is 5.19. The van der Waals surface area contributed by atoms with Crippen LogP contribution in [0.3, 0.4) is 0 Å². The molecular formula is C24H28N2O2. The van der Waals surface area contributed by atoms with Gasteiger partial charge in [-0.3, -0.25) is 9.78 Å². The van der Waals surface area contributed by atoms with Crippen LogP contribution < -0.4 is 0 Å². The summed E-state index contributed by atoms with van der Waals surface area (Å²) in [4.78, 5) is 19.5. The van der Waals surface area contributed by atoms with Crippen molar-refractivity contribution in [1.82, 2.24) is 9.88 Å². The normalized spacial score (nSPS) is 12.1. The second-order valence-electron chi connectivity index (χ2n) is 7.34. The van der Waals surface area contributed by atoms with Crippen LogP contribution in [-0.4, -0.2) is 34.0 Å². The number of rotatable bonds is 8. The first-order valence-corrected chi connectivity index (χ1v) is 9.88. The number of amides is 1. The molecule has 1 atom stereocenters. The number of carbonyl (C=O) groups excluding carboxylic acids is 1. The molecule has 0 radical (unpaired) electrons. The number of nitrogens with zero attached hydrogens (tertiary/aromatic N) is 2. The fraction of sp³-hybridized carbons (Fsp3) is 0.333. The molecule has 0 aliphatic carbocycles. The van der Waals surface area contributed by atoms with E-state index in [2.05, 4.69) is 17.1 Å². The molecule has 3 rings (SSSR count). The van der Waals surface area contributed by atoms with Crippen LogP contribution in [0.1, 0.15) is 42.4 Å². The van der Waals surface area contributed by atoms with Crippen LogP contribution in [-0.2, 0) is 11.3 Å². The highest BCUT2D eigenvalue weighted by Crippen LogP contribution is 2.23. The summed E-state index contributed by atoms with van der Waals surface area (Å²) >= 11 is 0. The lowest BCUT2D eigenvalue weighted by Crippen LogP contribution is -2.35. The van der Waals surface area contributed by atoms with Crippen molar-refractivity contribution in [3.8, 4) is 0 Å². The number of aromatic nitrogens is 1. The van der Waals surface area contributed by atoms with E-state index in [0.717, 1.165) is 33.9 Å². The molecule has 0 saturated heterocycles. The number of aliphatic hydroxyl groups excluding tert-OH is 1. The molecule has 1 aromatic heterocycles. The lowest BCUT2D eigenvalue weighted by molar-refractivity contribution is -0.133. The maximum Gasteiger partial charge on any atom is 0.230 e. The highest BCUT2D eigenvalue weighted by atomic mass is 16.3. The molecule has 0 spiro atoms. The maximum atomic E-state index is 13.3. The standard InChI is InChI=1S/C24H28N2O2/c1-18-7-5-8-20(15-18)19(2)24(28)26(13-3-4-14-27)17-22-10-6-9-21-16-25-12-11-23(21)22/h5-12,15-16,19,27H,3-4,13-14,17H2,1-2H3/t19-/m1/s1. The molecule has 1 heterocycles. The number of pyridine rings is 1. The number of hydrogen-bond donors (Lipinski definition) is 1. The van der Waals surface area contributed by atoms with Crippen LogP contribution in [0.2, 0.25) is 0 Å². The number of hydrogen-bond acceptors (Lipinski definition) is 3. The molecule has 28 heavy (non-hydrogen) atoms. The number of benzene rings is 2. The Balaban J connectivity index is 1.86. The molecule has 1 N–H and O–H groups in total. The van der Waals surface area contributed by atoms with Gasteiger partial charge in [-0.15, -0.1) is 0 Å². The van der Waals surface area contributed by atoms with Crippen LogP contribution in [0.4, 0.5) is 0 Å². The van der Waals surface area contributed by atoms with E-state index in [9.17, 15) is 4.79 Å². The number of carbonyl (C=O) groups is 1. The Morgan fingerprint density at radius 3 is 2.75 bits per heavy atom. The molecule has 0 saturated carbocycles. The zero-order valence-electron chi connectivity index (χ0n) is 16.6. The number of aryl methyl sites for hydroxylation is 1. The highest BCUT2D eigenvalue weighted by molar-refractivity contribution is 5.86. The first-order valence-electron chi connectivity index (χ1n) is 9.88. The van der Waals surface area contributed by atoms with Gasteiger partial charge in [0.05, 0.1) is 5.92 Å². The molecule has 1 amide bonds. The number of fused-ring (bicyclic) bond motifs is 1. The minimum absolute atomic E-state index is 0.120. The lowest BCUT2D eigenvalue weighted by atomic mass is 9.97. The van der Waals surface area contributed by atoms with Gasteiger partial charge in [-0.2, -0.15) is 0 Å². The molecule has 4 heteroatoms. The fourth-order valence-corrected chi connectivity index (χ4v) is 3.57. The van der Waals surface area contributed by atoms with Gasteiger partial charge in [0.15, 0.2) is 0 Å². The fourth-order valence-electron chi connectivity index (χ4n) is 3.57. The predicted octanol–water partition coefficient (Wildman–Crippen LogP) is 4.45. The third kappa shape index (κ3) is 4.76. The predicted molar refractivity (Wildman–Crippen MR) is 113 cm³/mol. The zero-order chi connectivity index (χ0) is 19.9. The van der Waals surface area contributed by atoms with Gasteiger partial charge in [0.1, 0.15) is 0 Å². The first-order chi connectivity index (χ1) is 13.6. The Hall–Kier alpha value is -2.72. The average Bonchev–Trinajstić information content (AvgIpc) is 2.72. The van der Waals surface area contributed by atoms with Crippen LogP contribution in [0.15, 0.2) is 60.9 Å². The monoisotopic (exact) mass is 376 g/mol. The van der Waals surface area contributed by atoms with Crippen molar-refractivity contribution in [2.24, 2.45) is 0 Å². The lowest BCUT2D eigenvalue weighted by Gasteiger charge is -2.27. The summed E-state index contributed by atoms with van der Waals surface area (Å²) in [7, 11) is 0. The van der Waals surface area contributed by atoms with Crippen molar-refractivity contribution in [2.45, 2.75) is 39.2 Å². The molecule has 4 nitrogen and oxygen atoms in total. The molecule has 0 unspecified atom stereocenters. The van der Waals surface area contributed by atoms with Crippen molar-refractivity contribution >= 4 is 16.7 Å². The van der Waals surface area contributed by atoms with Gasteiger partial charge in [-0.05, 0) is 49.3 Å². The van der Waals surface area contributed by atoms with Gasteiger partial charge in [-0.1, -0.05) is 48.0 Å². The topological polar surface area (TPSA) is 53.4 Å². The van der Waals surface area contributed by atoms with Gasteiger partial charge in [0, 0.05) is 37.5 Å². The molecule has 146 valence electrons. The van der Waals surface area contributed by atoms with E-state index >= 15 is 0 Å². The van der Waals surface area contributed by atoms with E-state index < -0.39 is 0 Å². The van der Waals surface area contributed by atoms with E-state index in [1.165, 1.54) is 0 Å². The second-order valence-corrected chi connectivity index (χ2v) is 7.34. The van der Waals surface area contributed by atoms with Gasteiger partial charge in [-0.25, -0.2) is 0 Å². The van der Waals surface area contributed by atoms with Gasteiger partial charge in [0.25, 0.3) is 0 Å². The van der Waals surface area contributed by atoms with E-state index in [-0.39, 0.29) is 18.4 Å². The zero-order valence-corrected chi connectivity index (χ0v) is 16.6. The first kappa shape index (κ1) is 20.0. The quantitative estimate of drug-likeness (QED) is 0.591.